The molecule has 0 aromatic carbocycles. The van der Waals surface area contributed by atoms with Crippen molar-refractivity contribution in [1.29, 1.82) is 0 Å². The summed E-state index contributed by atoms with van der Waals surface area (Å²) in [6.45, 7) is 4.60. The van der Waals surface area contributed by atoms with Crippen molar-refractivity contribution in [3.63, 3.8) is 0 Å². The van der Waals surface area contributed by atoms with Crippen LogP contribution in [-0.4, -0.2) is 52.7 Å². The van der Waals surface area contributed by atoms with E-state index >= 15 is 0 Å². The van der Waals surface area contributed by atoms with E-state index in [1.165, 1.54) is 13.2 Å². The largest absolute Gasteiger partial charge is 0.478 e. The van der Waals surface area contributed by atoms with Gasteiger partial charge in [0.2, 0.25) is 0 Å². The average Bonchev–Trinajstić information content (AvgIpc) is 2.08. The van der Waals surface area contributed by atoms with Crippen molar-refractivity contribution in [3.05, 3.63) is 12.2 Å². The molecule has 7 heteroatoms. The van der Waals surface area contributed by atoms with Gasteiger partial charge in [-0.1, -0.05) is 6.58 Å². The van der Waals surface area contributed by atoms with Gasteiger partial charge in [-0.25, -0.2) is 4.79 Å². The van der Waals surface area contributed by atoms with Gasteiger partial charge in [0.05, 0.1) is 0 Å². The Bertz CT molecular complexity index is 133. The maximum atomic E-state index is 9.60. The van der Waals surface area contributed by atoms with Crippen molar-refractivity contribution in [2.24, 2.45) is 0 Å². The molecule has 0 spiro atoms. The van der Waals surface area contributed by atoms with Crippen LogP contribution in [0.5, 0.6) is 0 Å². The van der Waals surface area contributed by atoms with Crippen molar-refractivity contribution < 1.29 is 14.3 Å². The zero-order valence-corrected chi connectivity index (χ0v) is 13.2. The third-order valence-electron chi connectivity index (χ3n) is 1.44. The molecule has 0 aromatic rings. The van der Waals surface area contributed by atoms with Crippen LogP contribution >= 0.6 is 0 Å². The van der Waals surface area contributed by atoms with Crippen LogP contribution in [0.15, 0.2) is 12.2 Å². The van der Waals surface area contributed by atoms with E-state index in [9.17, 15) is 4.79 Å². The molecule has 0 saturated carbocycles. The lowest BCUT2D eigenvalue weighted by Crippen LogP contribution is -2.31. The van der Waals surface area contributed by atoms with E-state index in [-0.39, 0.29) is 14.9 Å². The average molecular weight is 237 g/mol. The Hall–Kier alpha value is 0.0375. The summed E-state index contributed by atoms with van der Waals surface area (Å²) in [5, 5.41) is 7.89. The predicted molar refractivity (Wildman–Crippen MR) is 62.6 cm³/mol. The second-order valence-electron chi connectivity index (χ2n) is 2.76. The Morgan fingerprint density at radius 3 is 2.25 bits per heavy atom. The highest BCUT2D eigenvalue weighted by Crippen LogP contribution is 1.81. The minimum Gasteiger partial charge on any atom is -0.478 e. The highest BCUT2D eigenvalue weighted by molar-refractivity contribution is 7.44. The van der Waals surface area contributed by atoms with Gasteiger partial charge in [0, 0.05) is 29.4 Å². The fourth-order valence-corrected chi connectivity index (χ4v) is 33.6. The topological polar surface area (TPSA) is 46.5 Å². The summed E-state index contributed by atoms with van der Waals surface area (Å²) >= 11 is 0. The summed E-state index contributed by atoms with van der Waals surface area (Å²) in [4.78, 5) is 9.60. The predicted octanol–water partition coefficient (Wildman–Crippen LogP) is -3.04. The van der Waals surface area contributed by atoms with Crippen molar-refractivity contribution in [2.75, 3.05) is 6.23 Å². The number of carbonyl (C=O) groups is 1. The molecule has 0 unspecified atom stereocenters. The van der Waals surface area contributed by atoms with Gasteiger partial charge in [0.25, 0.3) is 0 Å². The number of aliphatic carboxylic acids is 1. The van der Waals surface area contributed by atoms with Crippen LogP contribution in [0.1, 0.15) is 6.92 Å². The maximum absolute atomic E-state index is 9.60. The van der Waals surface area contributed by atoms with E-state index in [1.807, 2.05) is 0 Å². The van der Waals surface area contributed by atoms with E-state index in [0.29, 0.717) is 17.6 Å². The van der Waals surface area contributed by atoms with Crippen LogP contribution in [0.4, 0.5) is 0 Å². The number of rotatable bonds is 1. The second kappa shape index (κ2) is 7.67. The molecule has 0 amide bonds. The summed E-state index contributed by atoms with van der Waals surface area (Å²) < 4.78 is 5.37. The molecule has 1 rings (SSSR count). The Morgan fingerprint density at radius 2 is 2.17 bits per heavy atom. The first-order valence-corrected chi connectivity index (χ1v) is 17.7. The highest BCUT2D eigenvalue weighted by atomic mass is 29.7. The summed E-state index contributed by atoms with van der Waals surface area (Å²) in [7, 11) is 2.11. The first-order valence-electron chi connectivity index (χ1n) is 4.11. The summed E-state index contributed by atoms with van der Waals surface area (Å²) in [5.74, 6) is -0.935. The minimum absolute atomic E-state index is 0.176. The van der Waals surface area contributed by atoms with E-state index in [4.69, 9.17) is 9.53 Å². The lowest BCUT2D eigenvalue weighted by atomic mass is 10.4. The van der Waals surface area contributed by atoms with Gasteiger partial charge >= 0.3 is 5.97 Å². The quantitative estimate of drug-likeness (QED) is 0.389. The summed E-state index contributed by atoms with van der Waals surface area (Å²) in [6, 6.07) is 0. The van der Waals surface area contributed by atoms with Crippen molar-refractivity contribution in [1.82, 2.24) is 0 Å². The third kappa shape index (κ3) is 8.14. The van der Waals surface area contributed by atoms with Gasteiger partial charge in [0.1, 0.15) is 9.28 Å². The Labute approximate surface area is 81.4 Å². The van der Waals surface area contributed by atoms with E-state index < -0.39 is 5.97 Å². The van der Waals surface area contributed by atoms with Gasteiger partial charge in [-0.3, -0.25) is 0 Å². The molecule has 0 bridgehead atoms. The van der Waals surface area contributed by atoms with Crippen LogP contribution in [-0.2, 0) is 9.22 Å². The smallest absolute Gasteiger partial charge is 0.330 e. The number of hydrogen-bond donors (Lipinski definition) is 1. The molecule has 70 valence electrons. The Kier molecular flexibility index (Phi) is 7.70. The fourth-order valence-electron chi connectivity index (χ4n) is 0.687. The van der Waals surface area contributed by atoms with Crippen LogP contribution in [0.3, 0.4) is 0 Å². The summed E-state index contributed by atoms with van der Waals surface area (Å²) in [5.41, 5.74) is 0.176. The molecule has 0 aliphatic carbocycles. The highest BCUT2D eigenvalue weighted by Gasteiger charge is 1.98. The van der Waals surface area contributed by atoms with Crippen molar-refractivity contribution in [3.8, 4) is 0 Å². The maximum Gasteiger partial charge on any atom is 0.330 e. The van der Waals surface area contributed by atoms with Gasteiger partial charge in [0.15, 0.2) is 0 Å². The molecule has 1 aliphatic rings. The first kappa shape index (κ1) is 12.0. The first-order chi connectivity index (χ1) is 5.64. The number of hydrogen-bond acceptors (Lipinski definition) is 2. The molecule has 1 fully saturated rings. The molecule has 0 radical (unpaired) electrons. The Balaban J connectivity index is 0.000000202. The normalized spacial score (nSPS) is 23.8. The van der Waals surface area contributed by atoms with Crippen molar-refractivity contribution >= 4 is 41.4 Å². The molecule has 0 aromatic heterocycles. The van der Waals surface area contributed by atoms with Crippen LogP contribution in [0, 0.1) is 0 Å². The van der Waals surface area contributed by atoms with Crippen LogP contribution < -0.4 is 0 Å². The number of carboxylic acid groups (broad SMARTS) is 1. The minimum atomic E-state index is -0.935. The molecular weight excluding hydrogens is 220 g/mol. The third-order valence-corrected chi connectivity index (χ3v) is 35.2. The molecular formula is C5H16O3Si4. The molecule has 0 atom stereocenters. The van der Waals surface area contributed by atoms with Gasteiger partial charge in [-0.2, -0.15) is 0 Å². The molecule has 1 N–H and O–H groups in total. The second-order valence-corrected chi connectivity index (χ2v) is 26.4. The SMILES string of the molecule is C1O[SiH2][SiH2][SiH2][SiH2]1.C=C(C)C(=O)O. The standard InChI is InChI=1S/C4H6O2.CH10OSi4/c1-3(2)4(5)6;1-2-4-6-5-3-1/h1H2,2H3,(H,5,6);1,3-6H2. The molecule has 1 heterocycles. The van der Waals surface area contributed by atoms with Crippen molar-refractivity contribution in [2.45, 2.75) is 6.92 Å². The van der Waals surface area contributed by atoms with E-state index in [0.717, 1.165) is 8.55 Å². The number of carboxylic acids is 1. The van der Waals surface area contributed by atoms with Crippen LogP contribution in [0.2, 0.25) is 0 Å². The zero-order valence-electron chi connectivity index (χ0n) is 7.51. The van der Waals surface area contributed by atoms with Gasteiger partial charge in [-0.15, -0.1) is 0 Å². The molecule has 12 heavy (non-hydrogen) atoms. The monoisotopic (exact) mass is 236 g/mol. The van der Waals surface area contributed by atoms with E-state index in [1.54, 1.807) is 0 Å². The lowest BCUT2D eigenvalue weighted by molar-refractivity contribution is -0.132. The molecule has 1 aliphatic heterocycles. The van der Waals surface area contributed by atoms with Gasteiger partial charge in [-0.05, 0) is 15.5 Å². The molecule has 3 nitrogen and oxygen atoms in total. The summed E-state index contributed by atoms with van der Waals surface area (Å²) in [6.07, 6.45) is 1.30. The van der Waals surface area contributed by atoms with Crippen LogP contribution in [0.25, 0.3) is 0 Å². The zero-order chi connectivity index (χ0) is 9.40. The molecule has 1 saturated heterocycles. The van der Waals surface area contributed by atoms with Gasteiger partial charge < -0.3 is 9.53 Å². The Morgan fingerprint density at radius 1 is 1.58 bits per heavy atom. The fraction of sp³-hybridized carbons (Fsp3) is 0.400. The lowest BCUT2D eigenvalue weighted by Gasteiger charge is -2.05. The van der Waals surface area contributed by atoms with E-state index in [2.05, 4.69) is 6.58 Å².